The summed E-state index contributed by atoms with van der Waals surface area (Å²) in [5, 5.41) is 0. The van der Waals surface area contributed by atoms with Crippen molar-refractivity contribution in [3.63, 3.8) is 0 Å². The van der Waals surface area contributed by atoms with Crippen LogP contribution in [0, 0.1) is 0 Å². The lowest BCUT2D eigenvalue weighted by Crippen LogP contribution is -2.51. The van der Waals surface area contributed by atoms with Crippen molar-refractivity contribution in [2.75, 3.05) is 31.1 Å². The molecule has 0 spiro atoms. The van der Waals surface area contributed by atoms with Crippen LogP contribution in [0.2, 0.25) is 0 Å². The molecule has 0 aromatic heterocycles. The maximum atomic E-state index is 6.12. The van der Waals surface area contributed by atoms with Gasteiger partial charge in [-0.3, -0.25) is 0 Å². The molecule has 2 aromatic carbocycles. The maximum absolute atomic E-state index is 6.12. The van der Waals surface area contributed by atoms with Crippen molar-refractivity contribution >= 4 is 17.3 Å². The Morgan fingerprint density at radius 3 is 2.00 bits per heavy atom. The van der Waals surface area contributed by atoms with E-state index in [2.05, 4.69) is 39.1 Å². The summed E-state index contributed by atoms with van der Waals surface area (Å²) in [5.41, 5.74) is 8.30. The van der Waals surface area contributed by atoms with E-state index >= 15 is 0 Å². The molecular weight excluding hydrogens is 260 g/mol. The molecule has 1 saturated heterocycles. The van der Waals surface area contributed by atoms with Crippen molar-refractivity contribution in [1.82, 2.24) is 4.90 Å². The lowest BCUT2D eigenvalue weighted by Gasteiger charge is -2.36. The van der Waals surface area contributed by atoms with Gasteiger partial charge in [0.2, 0.25) is 0 Å². The monoisotopic (exact) mass is 280 g/mol. The van der Waals surface area contributed by atoms with Crippen LogP contribution in [0.1, 0.15) is 0 Å². The molecular formula is C17H20N4. The van der Waals surface area contributed by atoms with Crippen molar-refractivity contribution in [3.8, 4) is 0 Å². The number of anilines is 1. The first-order valence-corrected chi connectivity index (χ1v) is 7.27. The number of rotatable bonds is 2. The summed E-state index contributed by atoms with van der Waals surface area (Å²) in [6, 6.07) is 20.4. The molecule has 108 valence electrons. The third-order valence-electron chi connectivity index (χ3n) is 3.72. The first kappa shape index (κ1) is 13.5. The van der Waals surface area contributed by atoms with E-state index in [1.165, 1.54) is 5.69 Å². The van der Waals surface area contributed by atoms with E-state index in [0.717, 1.165) is 31.9 Å². The standard InChI is InChI=1S/C17H20N4/c18-17(19-15-7-3-1-4-8-15)21-13-11-20(12-14-21)16-9-5-2-6-10-16/h1-10H,11-14H2,(H2,18,19). The highest BCUT2D eigenvalue weighted by molar-refractivity contribution is 5.81. The molecule has 3 rings (SSSR count). The van der Waals surface area contributed by atoms with Gasteiger partial charge in [0, 0.05) is 31.9 Å². The van der Waals surface area contributed by atoms with Crippen LogP contribution in [0.4, 0.5) is 11.4 Å². The van der Waals surface area contributed by atoms with E-state index in [0.29, 0.717) is 5.96 Å². The lowest BCUT2D eigenvalue weighted by molar-refractivity contribution is 0.382. The summed E-state index contributed by atoms with van der Waals surface area (Å²) < 4.78 is 0. The second-order valence-corrected chi connectivity index (χ2v) is 5.12. The molecule has 4 heteroatoms. The fourth-order valence-electron chi connectivity index (χ4n) is 2.54. The van der Waals surface area contributed by atoms with Gasteiger partial charge in [-0.1, -0.05) is 36.4 Å². The van der Waals surface area contributed by atoms with E-state index in [-0.39, 0.29) is 0 Å². The highest BCUT2D eigenvalue weighted by atomic mass is 15.3. The Morgan fingerprint density at radius 1 is 0.810 bits per heavy atom. The molecule has 1 heterocycles. The molecule has 0 atom stereocenters. The van der Waals surface area contributed by atoms with Crippen molar-refractivity contribution in [2.45, 2.75) is 0 Å². The molecule has 0 bridgehead atoms. The van der Waals surface area contributed by atoms with E-state index in [1.54, 1.807) is 0 Å². The largest absolute Gasteiger partial charge is 0.369 e. The van der Waals surface area contributed by atoms with E-state index in [9.17, 15) is 0 Å². The quantitative estimate of drug-likeness (QED) is 0.679. The molecule has 0 amide bonds. The van der Waals surface area contributed by atoms with Gasteiger partial charge in [0.15, 0.2) is 5.96 Å². The highest BCUT2D eigenvalue weighted by Crippen LogP contribution is 2.16. The van der Waals surface area contributed by atoms with Gasteiger partial charge >= 0.3 is 0 Å². The zero-order valence-corrected chi connectivity index (χ0v) is 12.0. The van der Waals surface area contributed by atoms with Crippen LogP contribution >= 0.6 is 0 Å². The van der Waals surface area contributed by atoms with Crippen LogP contribution < -0.4 is 10.6 Å². The molecule has 1 fully saturated rings. The number of hydrogen-bond acceptors (Lipinski definition) is 2. The Bertz CT molecular complexity index is 587. The van der Waals surface area contributed by atoms with Gasteiger partial charge in [0.05, 0.1) is 5.69 Å². The van der Waals surface area contributed by atoms with Crippen molar-refractivity contribution < 1.29 is 0 Å². The average molecular weight is 280 g/mol. The predicted molar refractivity (Wildman–Crippen MR) is 88.0 cm³/mol. The lowest BCUT2D eigenvalue weighted by atomic mass is 10.2. The molecule has 1 aliphatic rings. The molecule has 0 unspecified atom stereocenters. The fraction of sp³-hybridized carbons (Fsp3) is 0.235. The van der Waals surface area contributed by atoms with E-state index < -0.39 is 0 Å². The molecule has 1 aliphatic heterocycles. The van der Waals surface area contributed by atoms with Crippen LogP contribution in [-0.4, -0.2) is 37.0 Å². The molecule has 2 aromatic rings. The van der Waals surface area contributed by atoms with Crippen LogP contribution in [0.25, 0.3) is 0 Å². The average Bonchev–Trinajstić information content (AvgIpc) is 2.57. The third kappa shape index (κ3) is 3.34. The predicted octanol–water partition coefficient (Wildman–Crippen LogP) is 2.46. The SMILES string of the molecule is NC(=Nc1ccccc1)N1CCN(c2ccccc2)CC1. The maximum Gasteiger partial charge on any atom is 0.196 e. The smallest absolute Gasteiger partial charge is 0.196 e. The van der Waals surface area contributed by atoms with Crippen molar-refractivity contribution in [3.05, 3.63) is 60.7 Å². The highest BCUT2D eigenvalue weighted by Gasteiger charge is 2.18. The number of para-hydroxylation sites is 2. The minimum Gasteiger partial charge on any atom is -0.369 e. The van der Waals surface area contributed by atoms with E-state index in [1.807, 2.05) is 36.4 Å². The zero-order valence-electron chi connectivity index (χ0n) is 12.0. The van der Waals surface area contributed by atoms with Gasteiger partial charge < -0.3 is 15.5 Å². The minimum atomic E-state index is 0.605. The number of nitrogens with zero attached hydrogens (tertiary/aromatic N) is 3. The Balaban J connectivity index is 1.62. The summed E-state index contributed by atoms with van der Waals surface area (Å²) >= 11 is 0. The van der Waals surface area contributed by atoms with Gasteiger partial charge in [-0.2, -0.15) is 0 Å². The van der Waals surface area contributed by atoms with E-state index in [4.69, 9.17) is 5.73 Å². The number of nitrogens with two attached hydrogens (primary N) is 1. The normalized spacial score (nSPS) is 16.1. The first-order chi connectivity index (χ1) is 10.3. The van der Waals surface area contributed by atoms with Crippen LogP contribution in [0.3, 0.4) is 0 Å². The first-order valence-electron chi connectivity index (χ1n) is 7.27. The number of aliphatic imine (C=N–C) groups is 1. The zero-order chi connectivity index (χ0) is 14.5. The number of hydrogen-bond donors (Lipinski definition) is 1. The molecule has 21 heavy (non-hydrogen) atoms. The van der Waals surface area contributed by atoms with Crippen LogP contribution in [0.15, 0.2) is 65.7 Å². The number of piperazine rings is 1. The van der Waals surface area contributed by atoms with Gasteiger partial charge in [-0.05, 0) is 24.3 Å². The Hall–Kier alpha value is -2.49. The van der Waals surface area contributed by atoms with Crippen molar-refractivity contribution in [2.24, 2.45) is 10.7 Å². The Labute approximate surface area is 125 Å². The van der Waals surface area contributed by atoms with Gasteiger partial charge in [-0.25, -0.2) is 4.99 Å². The summed E-state index contributed by atoms with van der Waals surface area (Å²) in [6.07, 6.45) is 0. The Morgan fingerprint density at radius 2 is 1.38 bits per heavy atom. The Kier molecular flexibility index (Phi) is 4.05. The number of guanidine groups is 1. The van der Waals surface area contributed by atoms with Crippen LogP contribution in [0.5, 0.6) is 0 Å². The van der Waals surface area contributed by atoms with Gasteiger partial charge in [0.25, 0.3) is 0 Å². The summed E-state index contributed by atoms with van der Waals surface area (Å²) in [5.74, 6) is 0.605. The summed E-state index contributed by atoms with van der Waals surface area (Å²) in [7, 11) is 0. The topological polar surface area (TPSA) is 44.9 Å². The van der Waals surface area contributed by atoms with Crippen molar-refractivity contribution in [1.29, 1.82) is 0 Å². The summed E-state index contributed by atoms with van der Waals surface area (Å²) in [4.78, 5) is 9.01. The van der Waals surface area contributed by atoms with Gasteiger partial charge in [0.1, 0.15) is 0 Å². The summed E-state index contributed by atoms with van der Waals surface area (Å²) in [6.45, 7) is 3.73. The second-order valence-electron chi connectivity index (χ2n) is 5.12. The molecule has 0 aliphatic carbocycles. The minimum absolute atomic E-state index is 0.605. The molecule has 4 nitrogen and oxygen atoms in total. The molecule has 0 radical (unpaired) electrons. The van der Waals surface area contributed by atoms with Gasteiger partial charge in [-0.15, -0.1) is 0 Å². The number of benzene rings is 2. The second kappa shape index (κ2) is 6.31. The molecule has 0 saturated carbocycles. The third-order valence-corrected chi connectivity index (χ3v) is 3.72. The van der Waals surface area contributed by atoms with Crippen LogP contribution in [-0.2, 0) is 0 Å². The molecule has 2 N–H and O–H groups in total. The fourth-order valence-corrected chi connectivity index (χ4v) is 2.54.